The van der Waals surface area contributed by atoms with Gasteiger partial charge in [0.15, 0.2) is 0 Å². The quantitative estimate of drug-likeness (QED) is 0.322. The van der Waals surface area contributed by atoms with Crippen molar-refractivity contribution in [2.24, 2.45) is 0 Å². The fraction of sp³-hybridized carbons (Fsp3) is 0.800. The van der Waals surface area contributed by atoms with Gasteiger partial charge in [0.2, 0.25) is 8.03 Å². The third kappa shape index (κ3) is 9.69. The third-order valence-electron chi connectivity index (χ3n) is 1.95. The second kappa shape index (κ2) is 9.85. The Kier molecular flexibility index (Phi) is 9.68. The number of unbranched alkanes of at least 4 members (excludes halogenated alkanes) is 5. The number of hydrogen-bond donors (Lipinski definition) is 0. The van der Waals surface area contributed by atoms with Gasteiger partial charge in [0.25, 0.3) is 0 Å². The standard InChI is InChI=1S/C10H21O2P/c1-3-5-6-7-8-9-10-13(11)12-4-2/h4,13H,2-3,5-10H2,1H3. The van der Waals surface area contributed by atoms with Crippen LogP contribution in [-0.4, -0.2) is 6.16 Å². The smallest absolute Gasteiger partial charge is 0.235 e. The van der Waals surface area contributed by atoms with Gasteiger partial charge in [0.05, 0.1) is 6.26 Å². The largest absolute Gasteiger partial charge is 0.453 e. The van der Waals surface area contributed by atoms with E-state index in [9.17, 15) is 4.57 Å². The van der Waals surface area contributed by atoms with Gasteiger partial charge in [0, 0.05) is 6.16 Å². The van der Waals surface area contributed by atoms with Gasteiger partial charge in [-0.3, -0.25) is 4.57 Å². The molecule has 0 aromatic carbocycles. The summed E-state index contributed by atoms with van der Waals surface area (Å²) in [6.07, 6.45) is 9.35. The van der Waals surface area contributed by atoms with Gasteiger partial charge in [-0.2, -0.15) is 0 Å². The summed E-state index contributed by atoms with van der Waals surface area (Å²) in [6, 6.07) is 0. The van der Waals surface area contributed by atoms with E-state index in [4.69, 9.17) is 4.52 Å². The van der Waals surface area contributed by atoms with Gasteiger partial charge in [-0.1, -0.05) is 45.6 Å². The average Bonchev–Trinajstić information content (AvgIpc) is 2.11. The first-order valence-electron chi connectivity index (χ1n) is 5.11. The van der Waals surface area contributed by atoms with Crippen LogP contribution in [0.2, 0.25) is 0 Å². The van der Waals surface area contributed by atoms with Crippen LogP contribution in [0, 0.1) is 0 Å². The topological polar surface area (TPSA) is 26.3 Å². The van der Waals surface area contributed by atoms with Crippen molar-refractivity contribution in [3.63, 3.8) is 0 Å². The minimum absolute atomic E-state index is 0.711. The number of hydrogen-bond acceptors (Lipinski definition) is 2. The van der Waals surface area contributed by atoms with E-state index in [-0.39, 0.29) is 0 Å². The van der Waals surface area contributed by atoms with Gasteiger partial charge >= 0.3 is 0 Å². The van der Waals surface area contributed by atoms with E-state index < -0.39 is 8.03 Å². The lowest BCUT2D eigenvalue weighted by Gasteiger charge is -2.01. The lowest BCUT2D eigenvalue weighted by atomic mass is 10.1. The van der Waals surface area contributed by atoms with Gasteiger partial charge in [-0.15, -0.1) is 0 Å². The van der Waals surface area contributed by atoms with E-state index >= 15 is 0 Å². The monoisotopic (exact) mass is 204 g/mol. The molecule has 0 rings (SSSR count). The molecule has 0 aliphatic rings. The van der Waals surface area contributed by atoms with Crippen molar-refractivity contribution >= 4 is 8.03 Å². The fourth-order valence-corrected chi connectivity index (χ4v) is 2.04. The maximum absolute atomic E-state index is 11.0. The van der Waals surface area contributed by atoms with Crippen LogP contribution in [0.5, 0.6) is 0 Å². The molecule has 0 amide bonds. The van der Waals surface area contributed by atoms with E-state index in [1.165, 1.54) is 38.4 Å². The summed E-state index contributed by atoms with van der Waals surface area (Å²) < 4.78 is 15.8. The van der Waals surface area contributed by atoms with Gasteiger partial charge in [0.1, 0.15) is 0 Å². The van der Waals surface area contributed by atoms with Crippen molar-refractivity contribution in [3.8, 4) is 0 Å². The molecule has 13 heavy (non-hydrogen) atoms. The van der Waals surface area contributed by atoms with Crippen molar-refractivity contribution in [3.05, 3.63) is 12.8 Å². The van der Waals surface area contributed by atoms with E-state index in [1.54, 1.807) is 0 Å². The molecule has 2 nitrogen and oxygen atoms in total. The third-order valence-corrected chi connectivity index (χ3v) is 3.14. The van der Waals surface area contributed by atoms with Crippen LogP contribution in [0.3, 0.4) is 0 Å². The normalized spacial score (nSPS) is 12.4. The highest BCUT2D eigenvalue weighted by atomic mass is 31.1. The Hall–Kier alpha value is -0.230. The highest BCUT2D eigenvalue weighted by Crippen LogP contribution is 2.24. The molecule has 78 valence electrons. The zero-order valence-corrected chi connectivity index (χ0v) is 9.55. The Bertz CT molecular complexity index is 146. The zero-order chi connectivity index (χ0) is 9.94. The molecule has 1 atom stereocenters. The number of rotatable bonds is 9. The Morgan fingerprint density at radius 3 is 2.46 bits per heavy atom. The van der Waals surface area contributed by atoms with Crippen molar-refractivity contribution in [2.45, 2.75) is 45.4 Å². The van der Waals surface area contributed by atoms with Crippen LogP contribution < -0.4 is 0 Å². The van der Waals surface area contributed by atoms with Crippen molar-refractivity contribution in [1.82, 2.24) is 0 Å². The van der Waals surface area contributed by atoms with Gasteiger partial charge < -0.3 is 4.52 Å². The molecule has 0 aliphatic heterocycles. The maximum Gasteiger partial charge on any atom is 0.235 e. The van der Waals surface area contributed by atoms with Crippen molar-refractivity contribution in [1.29, 1.82) is 0 Å². The lowest BCUT2D eigenvalue weighted by Crippen LogP contribution is -1.82. The van der Waals surface area contributed by atoms with Crippen LogP contribution in [0.1, 0.15) is 45.4 Å². The van der Waals surface area contributed by atoms with Crippen LogP contribution in [-0.2, 0) is 9.09 Å². The molecule has 0 aromatic heterocycles. The summed E-state index contributed by atoms with van der Waals surface area (Å²) in [5.41, 5.74) is 0. The minimum Gasteiger partial charge on any atom is -0.453 e. The van der Waals surface area contributed by atoms with E-state index in [2.05, 4.69) is 13.5 Å². The summed E-state index contributed by atoms with van der Waals surface area (Å²) in [5.74, 6) is 0. The Labute approximate surface area is 82.2 Å². The molecule has 3 heteroatoms. The van der Waals surface area contributed by atoms with Crippen LogP contribution in [0.4, 0.5) is 0 Å². The molecule has 0 saturated carbocycles. The summed E-state index contributed by atoms with van der Waals surface area (Å²) in [7, 11) is -1.80. The molecule has 0 N–H and O–H groups in total. The first kappa shape index (κ1) is 12.8. The maximum atomic E-state index is 11.0. The Morgan fingerprint density at radius 2 is 1.85 bits per heavy atom. The van der Waals surface area contributed by atoms with Crippen LogP contribution in [0.25, 0.3) is 0 Å². The second-order valence-corrected chi connectivity index (χ2v) is 4.65. The van der Waals surface area contributed by atoms with Gasteiger partial charge in [-0.05, 0) is 6.42 Å². The molecule has 0 aliphatic carbocycles. The fourth-order valence-electron chi connectivity index (χ4n) is 1.20. The van der Waals surface area contributed by atoms with Crippen LogP contribution >= 0.6 is 8.03 Å². The average molecular weight is 204 g/mol. The highest BCUT2D eigenvalue weighted by Gasteiger charge is 1.96. The summed E-state index contributed by atoms with van der Waals surface area (Å²) in [4.78, 5) is 0. The highest BCUT2D eigenvalue weighted by molar-refractivity contribution is 7.39. The van der Waals surface area contributed by atoms with Crippen molar-refractivity contribution < 1.29 is 9.09 Å². The molecule has 0 aromatic rings. The molecule has 0 fully saturated rings. The Balaban J connectivity index is 3.06. The lowest BCUT2D eigenvalue weighted by molar-refractivity contribution is 0.461. The minimum atomic E-state index is -1.80. The molecule has 1 unspecified atom stereocenters. The molecule has 0 heterocycles. The molecule has 0 spiro atoms. The SMILES string of the molecule is C=CO[PH](=O)CCCCCCCC. The first-order valence-corrected chi connectivity index (χ1v) is 6.64. The summed E-state index contributed by atoms with van der Waals surface area (Å²) >= 11 is 0. The predicted octanol–water partition coefficient (Wildman–Crippen LogP) is 3.98. The van der Waals surface area contributed by atoms with Gasteiger partial charge in [-0.25, -0.2) is 0 Å². The molecular formula is C10H21O2P. The first-order chi connectivity index (χ1) is 6.31. The molecule has 0 bridgehead atoms. The van der Waals surface area contributed by atoms with E-state index in [1.807, 2.05) is 0 Å². The molecular weight excluding hydrogens is 183 g/mol. The summed E-state index contributed by atoms with van der Waals surface area (Å²) in [5, 5.41) is 0. The predicted molar refractivity (Wildman–Crippen MR) is 58.5 cm³/mol. The zero-order valence-electron chi connectivity index (χ0n) is 8.55. The summed E-state index contributed by atoms with van der Waals surface area (Å²) in [6.45, 7) is 5.58. The van der Waals surface area contributed by atoms with Crippen LogP contribution in [0.15, 0.2) is 12.8 Å². The molecule has 0 saturated heterocycles. The Morgan fingerprint density at radius 1 is 1.23 bits per heavy atom. The van der Waals surface area contributed by atoms with E-state index in [0.717, 1.165) is 6.42 Å². The second-order valence-electron chi connectivity index (χ2n) is 3.17. The van der Waals surface area contributed by atoms with Crippen molar-refractivity contribution in [2.75, 3.05) is 6.16 Å². The molecule has 0 radical (unpaired) electrons. The van der Waals surface area contributed by atoms with E-state index in [0.29, 0.717) is 6.16 Å².